The number of benzene rings is 1. The van der Waals surface area contributed by atoms with E-state index in [-0.39, 0.29) is 5.91 Å². The average Bonchev–Trinajstić information content (AvgIpc) is 3.09. The Balaban J connectivity index is 1.76. The van der Waals surface area contributed by atoms with Gasteiger partial charge in [-0.1, -0.05) is 12.8 Å². The van der Waals surface area contributed by atoms with E-state index in [0.717, 1.165) is 22.2 Å². The zero-order valence-corrected chi connectivity index (χ0v) is 13.2. The quantitative estimate of drug-likeness (QED) is 0.821. The number of nitrogens with zero attached hydrogens (tertiary/aromatic N) is 2. The predicted molar refractivity (Wildman–Crippen MR) is 86.8 cm³/mol. The maximum absolute atomic E-state index is 12.2. The second kappa shape index (κ2) is 5.95. The summed E-state index contributed by atoms with van der Waals surface area (Å²) in [6.45, 7) is 0. The minimum absolute atomic E-state index is 0.0823. The van der Waals surface area contributed by atoms with Crippen LogP contribution in [0.15, 0.2) is 36.5 Å². The van der Waals surface area contributed by atoms with Gasteiger partial charge < -0.3 is 5.32 Å². The molecule has 4 nitrogen and oxygen atoms in total. The summed E-state index contributed by atoms with van der Waals surface area (Å²) in [7, 11) is 0. The van der Waals surface area contributed by atoms with Crippen LogP contribution in [0, 0.1) is 3.57 Å². The lowest BCUT2D eigenvalue weighted by Gasteiger charge is -2.14. The lowest BCUT2D eigenvalue weighted by Crippen LogP contribution is -2.17. The number of anilines is 1. The molecule has 1 aliphatic carbocycles. The molecule has 20 heavy (non-hydrogen) atoms. The zero-order chi connectivity index (χ0) is 13.9. The minimum Gasteiger partial charge on any atom is -0.307 e. The van der Waals surface area contributed by atoms with Crippen molar-refractivity contribution in [3.8, 4) is 0 Å². The van der Waals surface area contributed by atoms with Gasteiger partial charge in [-0.3, -0.25) is 4.79 Å². The highest BCUT2D eigenvalue weighted by atomic mass is 127. The van der Waals surface area contributed by atoms with Gasteiger partial charge in [-0.25, -0.2) is 4.68 Å². The molecule has 0 unspecified atom stereocenters. The van der Waals surface area contributed by atoms with Crippen molar-refractivity contribution in [1.29, 1.82) is 0 Å². The summed E-state index contributed by atoms with van der Waals surface area (Å²) in [5.41, 5.74) is 0.671. The molecule has 0 spiro atoms. The van der Waals surface area contributed by atoms with Crippen LogP contribution in [-0.2, 0) is 0 Å². The van der Waals surface area contributed by atoms with Gasteiger partial charge in [0.05, 0.1) is 12.2 Å². The number of nitrogens with one attached hydrogen (secondary N) is 1. The molecule has 1 amide bonds. The second-order valence-corrected chi connectivity index (χ2v) is 6.31. The van der Waals surface area contributed by atoms with Gasteiger partial charge in [-0.05, 0) is 59.7 Å². The monoisotopic (exact) mass is 381 g/mol. The normalized spacial score (nSPS) is 15.4. The Hall–Kier alpha value is -1.37. The third-order valence-electron chi connectivity index (χ3n) is 3.69. The highest BCUT2D eigenvalue weighted by Crippen LogP contribution is 2.31. The van der Waals surface area contributed by atoms with Crippen molar-refractivity contribution < 1.29 is 4.79 Å². The summed E-state index contributed by atoms with van der Waals surface area (Å²) in [6, 6.07) is 9.84. The molecule has 1 heterocycles. The number of carbonyl (C=O) groups excluding carboxylic acids is 1. The third-order valence-corrected chi connectivity index (χ3v) is 4.41. The largest absolute Gasteiger partial charge is 0.307 e. The molecule has 0 atom stereocenters. The Kier molecular flexibility index (Phi) is 4.05. The fourth-order valence-electron chi connectivity index (χ4n) is 2.64. The molecule has 0 radical (unpaired) electrons. The lowest BCUT2D eigenvalue weighted by molar-refractivity contribution is 0.102. The highest BCUT2D eigenvalue weighted by molar-refractivity contribution is 14.1. The standard InChI is InChI=1S/C15H16IN3O/c16-12-7-5-11(6-8-12)15(20)18-14-9-10-17-19(14)13-3-1-2-4-13/h5-10,13H,1-4H2,(H,18,20). The molecule has 1 N–H and O–H groups in total. The van der Waals surface area contributed by atoms with E-state index in [9.17, 15) is 4.79 Å². The van der Waals surface area contributed by atoms with Crippen LogP contribution < -0.4 is 5.32 Å². The van der Waals surface area contributed by atoms with Crippen molar-refractivity contribution in [2.24, 2.45) is 0 Å². The van der Waals surface area contributed by atoms with Crippen molar-refractivity contribution >= 4 is 34.3 Å². The number of hydrogen-bond acceptors (Lipinski definition) is 2. The maximum atomic E-state index is 12.2. The molecule has 104 valence electrons. The van der Waals surface area contributed by atoms with Crippen molar-refractivity contribution in [3.05, 3.63) is 45.7 Å². The van der Waals surface area contributed by atoms with E-state index >= 15 is 0 Å². The summed E-state index contributed by atoms with van der Waals surface area (Å²) < 4.78 is 3.08. The Bertz CT molecular complexity index is 600. The Morgan fingerprint density at radius 3 is 2.60 bits per heavy atom. The van der Waals surface area contributed by atoms with Gasteiger partial charge in [-0.15, -0.1) is 0 Å². The van der Waals surface area contributed by atoms with Gasteiger partial charge in [0.15, 0.2) is 0 Å². The summed E-state index contributed by atoms with van der Waals surface area (Å²) in [5, 5.41) is 7.32. The predicted octanol–water partition coefficient (Wildman–Crippen LogP) is 3.86. The van der Waals surface area contributed by atoms with Crippen molar-refractivity contribution in [3.63, 3.8) is 0 Å². The molecule has 0 bridgehead atoms. The lowest BCUT2D eigenvalue weighted by atomic mass is 10.2. The van der Waals surface area contributed by atoms with Crippen molar-refractivity contribution in [1.82, 2.24) is 9.78 Å². The topological polar surface area (TPSA) is 46.9 Å². The summed E-state index contributed by atoms with van der Waals surface area (Å²) in [4.78, 5) is 12.2. The molecular weight excluding hydrogens is 365 g/mol. The van der Waals surface area contributed by atoms with E-state index in [1.165, 1.54) is 12.8 Å². The van der Waals surface area contributed by atoms with Crippen LogP contribution in [0.25, 0.3) is 0 Å². The number of carbonyl (C=O) groups is 1. The Labute approximate surface area is 131 Å². The van der Waals surface area contributed by atoms with Gasteiger partial charge in [0.25, 0.3) is 5.91 Å². The fraction of sp³-hybridized carbons (Fsp3) is 0.333. The van der Waals surface area contributed by atoms with E-state index in [2.05, 4.69) is 33.0 Å². The molecule has 1 aromatic carbocycles. The average molecular weight is 381 g/mol. The van der Waals surface area contributed by atoms with Crippen LogP contribution in [0.4, 0.5) is 5.82 Å². The number of aromatic nitrogens is 2. The SMILES string of the molecule is O=C(Nc1ccnn1C1CCCC1)c1ccc(I)cc1. The van der Waals surface area contributed by atoms with E-state index in [1.54, 1.807) is 6.20 Å². The zero-order valence-electron chi connectivity index (χ0n) is 11.1. The highest BCUT2D eigenvalue weighted by Gasteiger charge is 2.20. The summed E-state index contributed by atoms with van der Waals surface area (Å²) >= 11 is 2.23. The summed E-state index contributed by atoms with van der Waals surface area (Å²) in [5.74, 6) is 0.710. The summed E-state index contributed by atoms with van der Waals surface area (Å²) in [6.07, 6.45) is 6.54. The second-order valence-electron chi connectivity index (χ2n) is 5.06. The Morgan fingerprint density at radius 2 is 1.90 bits per heavy atom. The molecule has 5 heteroatoms. The molecule has 0 aliphatic heterocycles. The molecule has 1 saturated carbocycles. The van der Waals surface area contributed by atoms with E-state index in [1.807, 2.05) is 35.0 Å². The van der Waals surface area contributed by atoms with Crippen LogP contribution in [0.5, 0.6) is 0 Å². The molecule has 3 rings (SSSR count). The van der Waals surface area contributed by atoms with Gasteiger partial charge in [0.1, 0.15) is 5.82 Å². The van der Waals surface area contributed by atoms with Crippen LogP contribution >= 0.6 is 22.6 Å². The third kappa shape index (κ3) is 2.87. The van der Waals surface area contributed by atoms with Gasteiger partial charge in [-0.2, -0.15) is 5.10 Å². The van der Waals surface area contributed by atoms with Crippen molar-refractivity contribution in [2.75, 3.05) is 5.32 Å². The number of hydrogen-bond donors (Lipinski definition) is 1. The molecular formula is C15H16IN3O. The van der Waals surface area contributed by atoms with Crippen LogP contribution in [-0.4, -0.2) is 15.7 Å². The first-order valence-corrected chi connectivity index (χ1v) is 7.92. The molecule has 2 aromatic rings. The number of amides is 1. The number of rotatable bonds is 3. The fourth-order valence-corrected chi connectivity index (χ4v) is 3.00. The van der Waals surface area contributed by atoms with Gasteiger partial charge >= 0.3 is 0 Å². The van der Waals surface area contributed by atoms with E-state index < -0.39 is 0 Å². The molecule has 0 saturated heterocycles. The molecule has 1 aliphatic rings. The first-order valence-electron chi connectivity index (χ1n) is 6.84. The maximum Gasteiger partial charge on any atom is 0.256 e. The molecule has 1 aromatic heterocycles. The van der Waals surface area contributed by atoms with E-state index in [4.69, 9.17) is 0 Å². The van der Waals surface area contributed by atoms with Crippen LogP contribution in [0.3, 0.4) is 0 Å². The van der Waals surface area contributed by atoms with Gasteiger partial charge in [0, 0.05) is 15.2 Å². The van der Waals surface area contributed by atoms with Gasteiger partial charge in [0.2, 0.25) is 0 Å². The smallest absolute Gasteiger partial charge is 0.256 e. The van der Waals surface area contributed by atoms with Crippen LogP contribution in [0.1, 0.15) is 42.1 Å². The number of halogens is 1. The minimum atomic E-state index is -0.0823. The first-order chi connectivity index (χ1) is 9.74. The Morgan fingerprint density at radius 1 is 1.20 bits per heavy atom. The van der Waals surface area contributed by atoms with Crippen molar-refractivity contribution in [2.45, 2.75) is 31.7 Å². The van der Waals surface area contributed by atoms with Crippen LogP contribution in [0.2, 0.25) is 0 Å². The first kappa shape index (κ1) is 13.6. The van der Waals surface area contributed by atoms with E-state index in [0.29, 0.717) is 11.6 Å². The molecule has 1 fully saturated rings.